The number of nitrogens with zero attached hydrogens (tertiary/aromatic N) is 1. The average Bonchev–Trinajstić information content (AvgIpc) is 3.15. The lowest BCUT2D eigenvalue weighted by Gasteiger charge is -2.28. The third kappa shape index (κ3) is 2.70. The van der Waals surface area contributed by atoms with Gasteiger partial charge in [-0.25, -0.2) is 13.2 Å². The smallest absolute Gasteiger partial charge is 0.340 e. The number of hydrogen-bond acceptors (Lipinski definition) is 4. The predicted octanol–water partition coefficient (Wildman–Crippen LogP) is 2.94. The molecular formula is C16H23NO5S. The lowest BCUT2D eigenvalue weighted by molar-refractivity contribution is 0.0691. The molecule has 3 rings (SSSR count). The first kappa shape index (κ1) is 16.5. The van der Waals surface area contributed by atoms with Gasteiger partial charge in [-0.2, -0.15) is 4.31 Å². The lowest BCUT2D eigenvalue weighted by atomic mass is 9.97. The molecule has 0 amide bonds. The maximum absolute atomic E-state index is 13.2. The van der Waals surface area contributed by atoms with Crippen molar-refractivity contribution in [2.24, 2.45) is 5.92 Å². The SMILES string of the molecule is Cc1oc(C)c(S(=O)(=O)N2CCCC2C2CCCC2)c1C(=O)O. The molecule has 0 bridgehead atoms. The van der Waals surface area contributed by atoms with E-state index in [1.165, 1.54) is 18.2 Å². The van der Waals surface area contributed by atoms with Crippen LogP contribution in [0.25, 0.3) is 0 Å². The van der Waals surface area contributed by atoms with Crippen LogP contribution in [0, 0.1) is 19.8 Å². The fourth-order valence-corrected chi connectivity index (χ4v) is 6.35. The minimum Gasteiger partial charge on any atom is -0.478 e. The van der Waals surface area contributed by atoms with Crippen LogP contribution in [-0.4, -0.2) is 36.4 Å². The van der Waals surface area contributed by atoms with E-state index in [1.54, 1.807) is 0 Å². The highest BCUT2D eigenvalue weighted by atomic mass is 32.2. The van der Waals surface area contributed by atoms with Crippen LogP contribution in [0.3, 0.4) is 0 Å². The third-order valence-electron chi connectivity index (χ3n) is 5.18. The summed E-state index contributed by atoms with van der Waals surface area (Å²) in [6, 6.07) is -0.00116. The summed E-state index contributed by atoms with van der Waals surface area (Å²) in [7, 11) is -3.85. The van der Waals surface area contributed by atoms with Crippen molar-refractivity contribution in [2.75, 3.05) is 6.54 Å². The molecule has 1 unspecified atom stereocenters. The molecule has 1 aromatic rings. The molecule has 0 spiro atoms. The number of sulfonamides is 1. The topological polar surface area (TPSA) is 87.8 Å². The molecule has 2 fully saturated rings. The quantitative estimate of drug-likeness (QED) is 0.909. The Morgan fingerprint density at radius 3 is 2.39 bits per heavy atom. The summed E-state index contributed by atoms with van der Waals surface area (Å²) in [6.45, 7) is 3.48. The summed E-state index contributed by atoms with van der Waals surface area (Å²) in [5, 5.41) is 9.40. The highest BCUT2D eigenvalue weighted by Crippen LogP contribution is 2.39. The third-order valence-corrected chi connectivity index (χ3v) is 7.26. The van der Waals surface area contributed by atoms with Gasteiger partial charge in [0.05, 0.1) is 0 Å². The molecule has 2 heterocycles. The van der Waals surface area contributed by atoms with Crippen LogP contribution >= 0.6 is 0 Å². The summed E-state index contributed by atoms with van der Waals surface area (Å²) in [5.41, 5.74) is -0.223. The number of furan rings is 1. The fourth-order valence-electron chi connectivity index (χ4n) is 4.22. The Morgan fingerprint density at radius 1 is 1.13 bits per heavy atom. The standard InChI is InChI=1S/C16H23NO5S/c1-10-14(16(18)19)15(11(2)22-10)23(20,21)17-9-5-8-13(17)12-6-3-4-7-12/h12-13H,3-9H2,1-2H3,(H,18,19). The van der Waals surface area contributed by atoms with E-state index < -0.39 is 16.0 Å². The molecule has 1 N–H and O–H groups in total. The van der Waals surface area contributed by atoms with E-state index in [9.17, 15) is 18.3 Å². The second-order valence-corrected chi connectivity index (χ2v) is 8.42. The largest absolute Gasteiger partial charge is 0.478 e. The van der Waals surface area contributed by atoms with Crippen molar-refractivity contribution >= 4 is 16.0 Å². The van der Waals surface area contributed by atoms with Crippen LogP contribution in [0.2, 0.25) is 0 Å². The number of carboxylic acids is 1. The van der Waals surface area contributed by atoms with Crippen molar-refractivity contribution < 1.29 is 22.7 Å². The van der Waals surface area contributed by atoms with E-state index in [4.69, 9.17) is 4.42 Å². The van der Waals surface area contributed by atoms with Gasteiger partial charge in [0.15, 0.2) is 0 Å². The van der Waals surface area contributed by atoms with Crippen molar-refractivity contribution in [2.45, 2.75) is 63.3 Å². The number of carbonyl (C=O) groups is 1. The Kier molecular flexibility index (Phi) is 4.27. The Balaban J connectivity index is 2.03. The number of carboxylic acid groups (broad SMARTS) is 1. The fraction of sp³-hybridized carbons (Fsp3) is 0.688. The first-order chi connectivity index (χ1) is 10.8. The highest BCUT2D eigenvalue weighted by molar-refractivity contribution is 7.89. The van der Waals surface area contributed by atoms with E-state index in [0.717, 1.165) is 38.5 Å². The van der Waals surface area contributed by atoms with Gasteiger partial charge in [-0.1, -0.05) is 12.8 Å². The Morgan fingerprint density at radius 2 is 1.78 bits per heavy atom. The van der Waals surface area contributed by atoms with Crippen LogP contribution in [0.5, 0.6) is 0 Å². The second kappa shape index (κ2) is 5.94. The molecule has 1 saturated carbocycles. The summed E-state index contributed by atoms with van der Waals surface area (Å²) >= 11 is 0. The van der Waals surface area contributed by atoms with Crippen LogP contribution in [-0.2, 0) is 10.0 Å². The van der Waals surface area contributed by atoms with E-state index in [1.807, 2.05) is 0 Å². The number of hydrogen-bond donors (Lipinski definition) is 1. The van der Waals surface area contributed by atoms with Crippen molar-refractivity contribution in [3.63, 3.8) is 0 Å². The van der Waals surface area contributed by atoms with Crippen LogP contribution < -0.4 is 0 Å². The molecule has 1 aliphatic heterocycles. The van der Waals surface area contributed by atoms with Crippen molar-refractivity contribution in [1.82, 2.24) is 4.31 Å². The zero-order valence-corrected chi connectivity index (χ0v) is 14.4. The Hall–Kier alpha value is -1.34. The molecule has 1 aromatic heterocycles. The molecule has 0 aromatic carbocycles. The van der Waals surface area contributed by atoms with Crippen LogP contribution in [0.4, 0.5) is 0 Å². The second-order valence-electron chi connectivity index (χ2n) is 6.59. The van der Waals surface area contributed by atoms with Gasteiger partial charge < -0.3 is 9.52 Å². The number of aryl methyl sites for hydroxylation is 2. The molecule has 1 saturated heterocycles. The average molecular weight is 341 g/mol. The molecule has 0 radical (unpaired) electrons. The van der Waals surface area contributed by atoms with Crippen molar-refractivity contribution in [1.29, 1.82) is 0 Å². The zero-order chi connectivity index (χ0) is 16.8. The highest BCUT2D eigenvalue weighted by Gasteiger charge is 2.43. The monoisotopic (exact) mass is 341 g/mol. The van der Waals surface area contributed by atoms with Crippen LogP contribution in [0.15, 0.2) is 9.31 Å². The van der Waals surface area contributed by atoms with E-state index >= 15 is 0 Å². The van der Waals surface area contributed by atoms with E-state index in [2.05, 4.69) is 0 Å². The summed E-state index contributed by atoms with van der Waals surface area (Å²) < 4.78 is 33.2. The molecule has 2 aliphatic rings. The number of rotatable bonds is 4. The molecule has 6 nitrogen and oxygen atoms in total. The van der Waals surface area contributed by atoms with Gasteiger partial charge in [-0.05, 0) is 45.4 Å². The lowest BCUT2D eigenvalue weighted by Crippen LogP contribution is -2.40. The van der Waals surface area contributed by atoms with Gasteiger partial charge in [0.1, 0.15) is 22.0 Å². The van der Waals surface area contributed by atoms with Gasteiger partial charge in [0, 0.05) is 12.6 Å². The van der Waals surface area contributed by atoms with Crippen LogP contribution in [0.1, 0.15) is 60.4 Å². The minimum absolute atomic E-state index is 0.00116. The van der Waals surface area contributed by atoms with Gasteiger partial charge in [-0.3, -0.25) is 0 Å². The molecule has 1 atom stereocenters. The van der Waals surface area contributed by atoms with Gasteiger partial charge in [0.25, 0.3) is 0 Å². The van der Waals surface area contributed by atoms with Crippen molar-refractivity contribution in [3.05, 3.63) is 17.1 Å². The summed E-state index contributed by atoms with van der Waals surface area (Å²) in [4.78, 5) is 11.4. The Bertz CT molecular complexity index is 715. The Labute approximate surface area is 136 Å². The predicted molar refractivity (Wildman–Crippen MR) is 84.0 cm³/mol. The van der Waals surface area contributed by atoms with E-state index in [0.29, 0.717) is 12.5 Å². The maximum Gasteiger partial charge on any atom is 0.340 e. The maximum atomic E-state index is 13.2. The molecule has 7 heteroatoms. The first-order valence-corrected chi connectivity index (χ1v) is 9.63. The summed E-state index contributed by atoms with van der Waals surface area (Å²) in [6.07, 6.45) is 6.12. The molecule has 23 heavy (non-hydrogen) atoms. The molecular weight excluding hydrogens is 318 g/mol. The van der Waals surface area contributed by atoms with Crippen molar-refractivity contribution in [3.8, 4) is 0 Å². The molecule has 1 aliphatic carbocycles. The number of aromatic carboxylic acids is 1. The molecule has 128 valence electrons. The normalized spacial score (nSPS) is 23.7. The van der Waals surface area contributed by atoms with E-state index in [-0.39, 0.29) is 28.0 Å². The van der Waals surface area contributed by atoms with Gasteiger partial charge in [-0.15, -0.1) is 0 Å². The first-order valence-electron chi connectivity index (χ1n) is 8.19. The minimum atomic E-state index is -3.85. The summed E-state index contributed by atoms with van der Waals surface area (Å²) in [5.74, 6) is -0.550. The zero-order valence-electron chi connectivity index (χ0n) is 13.5. The van der Waals surface area contributed by atoms with Gasteiger partial charge in [0.2, 0.25) is 10.0 Å². The van der Waals surface area contributed by atoms with Gasteiger partial charge >= 0.3 is 5.97 Å².